The molecule has 22 heavy (non-hydrogen) atoms. The molecule has 1 heterocycles. The molecule has 0 spiro atoms. The maximum Gasteiger partial charge on any atom is 0.244 e. The highest BCUT2D eigenvalue weighted by molar-refractivity contribution is 5.91. The summed E-state index contributed by atoms with van der Waals surface area (Å²) in [5, 5.41) is 2.95. The van der Waals surface area contributed by atoms with Crippen LogP contribution in [0.2, 0.25) is 0 Å². The van der Waals surface area contributed by atoms with Crippen LogP contribution in [-0.4, -0.2) is 22.1 Å². The summed E-state index contributed by atoms with van der Waals surface area (Å²) in [6.07, 6.45) is 3.36. The molecule has 1 aromatic carbocycles. The lowest BCUT2D eigenvalue weighted by Gasteiger charge is -2.14. The average Bonchev–Trinajstić information content (AvgIpc) is 2.90. The minimum absolute atomic E-state index is 0.0742. The Morgan fingerprint density at radius 1 is 1.41 bits per heavy atom. The van der Waals surface area contributed by atoms with E-state index in [1.807, 2.05) is 44.4 Å². The number of hydrogen-bond acceptors (Lipinski definition) is 3. The third kappa shape index (κ3) is 3.95. The first kappa shape index (κ1) is 16.2. The highest BCUT2D eigenvalue weighted by atomic mass is 16.5. The van der Waals surface area contributed by atoms with Gasteiger partial charge < -0.3 is 14.6 Å². The number of nitrogens with zero attached hydrogens (tertiary/aromatic N) is 2. The van der Waals surface area contributed by atoms with Crippen molar-refractivity contribution in [3.05, 3.63) is 47.5 Å². The number of aryl methyl sites for hydroxylation is 2. The summed E-state index contributed by atoms with van der Waals surface area (Å²) in [5.74, 6) is 0.688. The molecule has 0 unspecified atom stereocenters. The Hall–Kier alpha value is -2.14. The fourth-order valence-corrected chi connectivity index (χ4v) is 2.44. The lowest BCUT2D eigenvalue weighted by Crippen LogP contribution is -2.21. The molecule has 0 radical (unpaired) electrons. The van der Waals surface area contributed by atoms with Gasteiger partial charge in [-0.3, -0.25) is 4.79 Å². The van der Waals surface area contributed by atoms with E-state index in [2.05, 4.69) is 16.4 Å². The molecule has 1 N–H and O–H groups in total. The minimum atomic E-state index is -0.131. The molecule has 1 amide bonds. The van der Waals surface area contributed by atoms with Crippen molar-refractivity contribution in [3.63, 3.8) is 0 Å². The van der Waals surface area contributed by atoms with Crippen LogP contribution in [0.4, 0.5) is 5.69 Å². The van der Waals surface area contributed by atoms with Crippen molar-refractivity contribution in [1.82, 2.24) is 9.55 Å². The van der Waals surface area contributed by atoms with Crippen molar-refractivity contribution in [3.8, 4) is 0 Å². The molecule has 2 aromatic rings. The Kier molecular flexibility index (Phi) is 5.33. The van der Waals surface area contributed by atoms with Crippen LogP contribution in [0.1, 0.15) is 36.9 Å². The Balaban J connectivity index is 2.05. The molecule has 0 saturated heterocycles. The number of carbonyl (C=O) groups is 1. The smallest absolute Gasteiger partial charge is 0.244 e. The zero-order valence-electron chi connectivity index (χ0n) is 13.6. The Labute approximate surface area is 131 Å². The van der Waals surface area contributed by atoms with E-state index in [1.165, 1.54) is 5.56 Å². The number of amides is 1. The molecule has 0 aliphatic rings. The van der Waals surface area contributed by atoms with Crippen molar-refractivity contribution >= 4 is 11.6 Å². The van der Waals surface area contributed by atoms with Crippen molar-refractivity contribution in [2.45, 2.75) is 40.3 Å². The zero-order chi connectivity index (χ0) is 16.1. The highest BCUT2D eigenvalue weighted by Crippen LogP contribution is 2.17. The average molecular weight is 301 g/mol. The largest absolute Gasteiger partial charge is 0.371 e. The number of nitrogens with one attached hydrogen (secondary N) is 1. The quantitative estimate of drug-likeness (QED) is 0.891. The Morgan fingerprint density at radius 2 is 2.18 bits per heavy atom. The molecule has 0 aliphatic heterocycles. The summed E-state index contributed by atoms with van der Waals surface area (Å²) >= 11 is 0. The number of benzene rings is 1. The van der Waals surface area contributed by atoms with Gasteiger partial charge >= 0.3 is 0 Å². The summed E-state index contributed by atoms with van der Waals surface area (Å²) < 4.78 is 7.36. The van der Waals surface area contributed by atoms with Crippen LogP contribution in [0, 0.1) is 13.8 Å². The lowest BCUT2D eigenvalue weighted by molar-refractivity contribution is -0.116. The van der Waals surface area contributed by atoms with E-state index in [9.17, 15) is 4.79 Å². The van der Waals surface area contributed by atoms with Gasteiger partial charge in [0.05, 0.1) is 0 Å². The summed E-state index contributed by atoms with van der Waals surface area (Å²) in [6.45, 7) is 8.73. The van der Waals surface area contributed by atoms with Crippen LogP contribution >= 0.6 is 0 Å². The first-order valence-corrected chi connectivity index (χ1v) is 7.51. The van der Waals surface area contributed by atoms with Gasteiger partial charge in [0.1, 0.15) is 18.5 Å². The van der Waals surface area contributed by atoms with E-state index in [0.717, 1.165) is 17.1 Å². The van der Waals surface area contributed by atoms with E-state index >= 15 is 0 Å². The Bertz CT molecular complexity index is 649. The van der Waals surface area contributed by atoms with Gasteiger partial charge in [-0.05, 0) is 39.3 Å². The van der Waals surface area contributed by atoms with E-state index in [0.29, 0.717) is 6.61 Å². The molecule has 5 heteroatoms. The van der Waals surface area contributed by atoms with E-state index in [1.54, 1.807) is 12.4 Å². The standard InChI is InChI=1S/C17H23N3O2/c1-5-22-14(4)17-18-8-9-20(17)11-16(21)19-15-7-6-12(2)10-13(15)3/h6-10,14H,5,11H2,1-4H3,(H,19,21)/t14-/m0/s1. The van der Waals surface area contributed by atoms with Gasteiger partial charge in [0.25, 0.3) is 0 Å². The second-order valence-corrected chi connectivity index (χ2v) is 5.38. The highest BCUT2D eigenvalue weighted by Gasteiger charge is 2.14. The van der Waals surface area contributed by atoms with Gasteiger partial charge in [0, 0.05) is 24.7 Å². The molecule has 118 valence electrons. The number of ether oxygens (including phenoxy) is 1. The molecule has 2 rings (SSSR count). The van der Waals surface area contributed by atoms with Gasteiger partial charge in [0.15, 0.2) is 0 Å². The van der Waals surface area contributed by atoms with Crippen LogP contribution in [0.5, 0.6) is 0 Å². The molecule has 5 nitrogen and oxygen atoms in total. The molecular formula is C17H23N3O2. The van der Waals surface area contributed by atoms with Gasteiger partial charge in [-0.15, -0.1) is 0 Å². The predicted molar refractivity (Wildman–Crippen MR) is 86.8 cm³/mol. The number of aromatic nitrogens is 2. The summed E-state index contributed by atoms with van der Waals surface area (Å²) in [4.78, 5) is 16.5. The molecule has 1 aromatic heterocycles. The van der Waals surface area contributed by atoms with E-state index in [-0.39, 0.29) is 18.6 Å². The van der Waals surface area contributed by atoms with Gasteiger partial charge in [0.2, 0.25) is 5.91 Å². The zero-order valence-corrected chi connectivity index (χ0v) is 13.6. The molecular weight excluding hydrogens is 278 g/mol. The molecule has 0 bridgehead atoms. The number of imidazole rings is 1. The van der Waals surface area contributed by atoms with E-state index < -0.39 is 0 Å². The third-order valence-electron chi connectivity index (χ3n) is 3.50. The SMILES string of the molecule is CCO[C@@H](C)c1nccn1CC(=O)Nc1ccc(C)cc1C. The van der Waals surface area contributed by atoms with Crippen molar-refractivity contribution in [2.75, 3.05) is 11.9 Å². The Morgan fingerprint density at radius 3 is 2.86 bits per heavy atom. The molecule has 0 saturated carbocycles. The molecule has 0 fully saturated rings. The van der Waals surface area contributed by atoms with Crippen molar-refractivity contribution in [1.29, 1.82) is 0 Å². The maximum absolute atomic E-state index is 12.2. The predicted octanol–water partition coefficient (Wildman–Crippen LogP) is 3.24. The van der Waals surface area contributed by atoms with Crippen molar-refractivity contribution in [2.24, 2.45) is 0 Å². The summed E-state index contributed by atoms with van der Waals surface area (Å²) in [5.41, 5.74) is 3.08. The normalized spacial score (nSPS) is 12.2. The lowest BCUT2D eigenvalue weighted by atomic mass is 10.1. The van der Waals surface area contributed by atoms with Crippen LogP contribution in [0.25, 0.3) is 0 Å². The topological polar surface area (TPSA) is 56.2 Å². The molecule has 0 aliphatic carbocycles. The monoisotopic (exact) mass is 301 g/mol. The van der Waals surface area contributed by atoms with Crippen LogP contribution < -0.4 is 5.32 Å². The first-order valence-electron chi connectivity index (χ1n) is 7.51. The first-order chi connectivity index (χ1) is 10.5. The van der Waals surface area contributed by atoms with Gasteiger partial charge in [-0.1, -0.05) is 17.7 Å². The number of carbonyl (C=O) groups excluding carboxylic acids is 1. The number of hydrogen-bond donors (Lipinski definition) is 1. The second kappa shape index (κ2) is 7.22. The summed E-state index contributed by atoms with van der Waals surface area (Å²) in [7, 11) is 0. The van der Waals surface area contributed by atoms with Crippen LogP contribution in [0.3, 0.4) is 0 Å². The van der Waals surface area contributed by atoms with Crippen LogP contribution in [-0.2, 0) is 16.1 Å². The van der Waals surface area contributed by atoms with Crippen LogP contribution in [0.15, 0.2) is 30.6 Å². The number of anilines is 1. The second-order valence-electron chi connectivity index (χ2n) is 5.38. The fraction of sp³-hybridized carbons (Fsp3) is 0.412. The minimum Gasteiger partial charge on any atom is -0.371 e. The van der Waals surface area contributed by atoms with Crippen molar-refractivity contribution < 1.29 is 9.53 Å². The maximum atomic E-state index is 12.2. The third-order valence-corrected chi connectivity index (χ3v) is 3.50. The fourth-order valence-electron chi connectivity index (χ4n) is 2.44. The van der Waals surface area contributed by atoms with Gasteiger partial charge in [-0.25, -0.2) is 4.98 Å². The van der Waals surface area contributed by atoms with E-state index in [4.69, 9.17) is 4.74 Å². The number of rotatable bonds is 6. The summed E-state index contributed by atoms with van der Waals surface area (Å²) in [6, 6.07) is 5.97. The molecule has 1 atom stereocenters. The van der Waals surface area contributed by atoms with Gasteiger partial charge in [-0.2, -0.15) is 0 Å².